The molecule has 0 unspecified atom stereocenters. The number of benzene rings is 4. The lowest BCUT2D eigenvalue weighted by molar-refractivity contribution is 0.112. The Kier molecular flexibility index (Phi) is 6.92. The molecule has 1 aliphatic heterocycles. The number of phenols is 2. The van der Waals surface area contributed by atoms with Crippen molar-refractivity contribution in [3.8, 4) is 11.5 Å². The van der Waals surface area contributed by atoms with Crippen LogP contribution in [0.1, 0.15) is 41.3 Å². The lowest BCUT2D eigenvalue weighted by atomic mass is 9.92. The zero-order valence-electron chi connectivity index (χ0n) is 20.5. The van der Waals surface area contributed by atoms with Crippen LogP contribution in [0.4, 0.5) is 0 Å². The first kappa shape index (κ1) is 23.9. The second-order valence-electron chi connectivity index (χ2n) is 9.46. The second kappa shape index (κ2) is 10.4. The van der Waals surface area contributed by atoms with Crippen LogP contribution in [0.25, 0.3) is 27.6 Å². The molecule has 0 radical (unpaired) electrons. The third-order valence-electron chi connectivity index (χ3n) is 7.11. The van der Waals surface area contributed by atoms with E-state index >= 15 is 0 Å². The third-order valence-corrected chi connectivity index (χ3v) is 7.11. The van der Waals surface area contributed by atoms with Gasteiger partial charge in [0.15, 0.2) is 0 Å². The van der Waals surface area contributed by atoms with Gasteiger partial charge in [0.25, 0.3) is 0 Å². The van der Waals surface area contributed by atoms with Crippen LogP contribution in [-0.2, 0) is 11.3 Å². The van der Waals surface area contributed by atoms with Gasteiger partial charge in [0, 0.05) is 28.8 Å². The van der Waals surface area contributed by atoms with Crippen LogP contribution in [0.2, 0.25) is 0 Å². The number of fused-ring (bicyclic) bond motifs is 2. The summed E-state index contributed by atoms with van der Waals surface area (Å²) < 4.78 is 6.12. The van der Waals surface area contributed by atoms with E-state index in [1.54, 1.807) is 24.3 Å². The van der Waals surface area contributed by atoms with Crippen molar-refractivity contribution in [1.82, 2.24) is 4.90 Å². The maximum atomic E-state index is 11.3. The van der Waals surface area contributed by atoms with Gasteiger partial charge in [-0.3, -0.25) is 9.69 Å². The summed E-state index contributed by atoms with van der Waals surface area (Å²) >= 11 is 0. The van der Waals surface area contributed by atoms with Gasteiger partial charge < -0.3 is 14.9 Å². The van der Waals surface area contributed by atoms with Gasteiger partial charge in [-0.25, -0.2) is 0 Å². The van der Waals surface area contributed by atoms with Crippen molar-refractivity contribution in [2.75, 3.05) is 19.7 Å². The van der Waals surface area contributed by atoms with Crippen LogP contribution in [0, 0.1) is 5.92 Å². The summed E-state index contributed by atoms with van der Waals surface area (Å²) in [5.41, 5.74) is 2.77. The Bertz CT molecular complexity index is 1430. The summed E-state index contributed by atoms with van der Waals surface area (Å²) in [4.78, 5) is 13.8. The van der Waals surface area contributed by atoms with Gasteiger partial charge in [-0.15, -0.1) is 0 Å². The summed E-state index contributed by atoms with van der Waals surface area (Å²) in [6, 6.07) is 20.8. The fourth-order valence-corrected chi connectivity index (χ4v) is 5.22. The smallest absolute Gasteiger partial charge is 0.150 e. The van der Waals surface area contributed by atoms with Gasteiger partial charge >= 0.3 is 0 Å². The minimum absolute atomic E-state index is 0.203. The number of hydrogen-bond acceptors (Lipinski definition) is 5. The average molecular weight is 482 g/mol. The molecule has 0 spiro atoms. The molecule has 0 bridgehead atoms. The van der Waals surface area contributed by atoms with Gasteiger partial charge in [-0.05, 0) is 91.2 Å². The van der Waals surface area contributed by atoms with E-state index in [0.717, 1.165) is 71.6 Å². The van der Waals surface area contributed by atoms with Gasteiger partial charge in [-0.2, -0.15) is 0 Å². The van der Waals surface area contributed by atoms with E-state index in [0.29, 0.717) is 23.8 Å². The van der Waals surface area contributed by atoms with Crippen molar-refractivity contribution < 1.29 is 19.7 Å². The number of piperidine rings is 1. The number of nitrogens with zero attached hydrogens (tertiary/aromatic N) is 1. The minimum atomic E-state index is 0.203. The number of rotatable bonds is 7. The molecular weight excluding hydrogens is 450 g/mol. The molecule has 4 aromatic carbocycles. The van der Waals surface area contributed by atoms with E-state index in [4.69, 9.17) is 4.74 Å². The van der Waals surface area contributed by atoms with Crippen LogP contribution < -0.4 is 0 Å². The van der Waals surface area contributed by atoms with E-state index in [2.05, 4.69) is 23.1 Å². The Morgan fingerprint density at radius 3 is 2.50 bits per heavy atom. The van der Waals surface area contributed by atoms with Crippen LogP contribution >= 0.6 is 0 Å². The largest absolute Gasteiger partial charge is 0.507 e. The fraction of sp³-hybridized carbons (Fsp3) is 0.258. The molecule has 5 nitrogen and oxygen atoms in total. The van der Waals surface area contributed by atoms with E-state index < -0.39 is 0 Å². The first-order valence-electron chi connectivity index (χ1n) is 12.5. The van der Waals surface area contributed by atoms with Crippen molar-refractivity contribution in [3.63, 3.8) is 0 Å². The van der Waals surface area contributed by atoms with Crippen LogP contribution in [-0.4, -0.2) is 41.1 Å². The van der Waals surface area contributed by atoms with Gasteiger partial charge in [0.2, 0.25) is 0 Å². The first-order valence-corrected chi connectivity index (χ1v) is 12.5. The summed E-state index contributed by atoms with van der Waals surface area (Å²) in [5, 5.41) is 23.9. The summed E-state index contributed by atoms with van der Waals surface area (Å²) in [6.07, 6.45) is 4.90. The maximum absolute atomic E-state index is 11.3. The highest BCUT2D eigenvalue weighted by Crippen LogP contribution is 2.33. The summed E-state index contributed by atoms with van der Waals surface area (Å²) in [5.74, 6) is 1.79. The summed E-state index contributed by atoms with van der Waals surface area (Å²) in [6.45, 7) is 5.41. The molecule has 0 saturated carbocycles. The van der Waals surface area contributed by atoms with Crippen molar-refractivity contribution >= 4 is 33.9 Å². The molecule has 1 aliphatic rings. The molecule has 36 heavy (non-hydrogen) atoms. The number of hydrogen-bond donors (Lipinski definition) is 2. The molecule has 5 heteroatoms. The zero-order valence-corrected chi connectivity index (χ0v) is 20.5. The number of likely N-dealkylation sites (tertiary alicyclic amines) is 1. The van der Waals surface area contributed by atoms with Crippen molar-refractivity contribution in [1.29, 1.82) is 0 Å². The van der Waals surface area contributed by atoms with Crippen molar-refractivity contribution in [3.05, 3.63) is 89.2 Å². The lowest BCUT2D eigenvalue weighted by Crippen LogP contribution is -2.34. The molecule has 0 atom stereocenters. The molecule has 1 heterocycles. The molecule has 184 valence electrons. The highest BCUT2D eigenvalue weighted by Gasteiger charge is 2.24. The fourth-order valence-electron chi connectivity index (χ4n) is 5.22. The lowest BCUT2D eigenvalue weighted by Gasteiger charge is -2.33. The molecular formula is C31H31NO4. The van der Waals surface area contributed by atoms with Crippen LogP contribution in [0.3, 0.4) is 0 Å². The topological polar surface area (TPSA) is 70.0 Å². The number of aromatic hydroxyl groups is 2. The Balaban J connectivity index is 1.33. The number of carbonyl (C=O) groups is 1. The van der Waals surface area contributed by atoms with Gasteiger partial charge in [-0.1, -0.05) is 36.4 Å². The highest BCUT2D eigenvalue weighted by molar-refractivity contribution is 5.98. The Morgan fingerprint density at radius 2 is 1.72 bits per heavy atom. The van der Waals surface area contributed by atoms with E-state index in [1.165, 1.54) is 5.56 Å². The third kappa shape index (κ3) is 4.93. The Morgan fingerprint density at radius 1 is 0.944 bits per heavy atom. The van der Waals surface area contributed by atoms with Gasteiger partial charge in [0.05, 0.1) is 12.4 Å². The van der Waals surface area contributed by atoms with Crippen molar-refractivity contribution in [2.24, 2.45) is 5.92 Å². The molecule has 0 aliphatic carbocycles. The Labute approximate surface area is 211 Å². The predicted molar refractivity (Wildman–Crippen MR) is 144 cm³/mol. The summed E-state index contributed by atoms with van der Waals surface area (Å²) in [7, 11) is 0. The van der Waals surface area contributed by atoms with Crippen molar-refractivity contribution in [2.45, 2.75) is 26.3 Å². The molecule has 1 fully saturated rings. The van der Waals surface area contributed by atoms with E-state index in [-0.39, 0.29) is 5.75 Å². The first-order chi connectivity index (χ1) is 17.6. The maximum Gasteiger partial charge on any atom is 0.150 e. The second-order valence-corrected chi connectivity index (χ2v) is 9.46. The number of phenolic OH excluding ortho intramolecular Hbond substituents is 2. The normalized spacial score (nSPS) is 15.4. The van der Waals surface area contributed by atoms with Gasteiger partial charge in [0.1, 0.15) is 17.8 Å². The van der Waals surface area contributed by atoms with E-state index in [9.17, 15) is 15.0 Å². The molecule has 2 N–H and O–H groups in total. The molecule has 5 rings (SSSR count). The average Bonchev–Trinajstić information content (AvgIpc) is 2.90. The van der Waals surface area contributed by atoms with Crippen LogP contribution in [0.5, 0.6) is 11.5 Å². The SMILES string of the molecule is CCO/C(=C/c1ccc(O)c2ccc(C=O)cc12)C1CCN(Cc2ccc3c(O)cccc3c2)CC1. The minimum Gasteiger partial charge on any atom is -0.507 e. The number of allylic oxidation sites excluding steroid dienone is 1. The number of carbonyl (C=O) groups excluding carboxylic acids is 1. The Hall–Kier alpha value is -3.83. The number of ether oxygens (including phenoxy) is 1. The predicted octanol–water partition coefficient (Wildman–Crippen LogP) is 6.51. The van der Waals surface area contributed by atoms with Crippen LogP contribution in [0.15, 0.2) is 72.5 Å². The molecule has 0 aromatic heterocycles. The molecule has 0 amide bonds. The quantitative estimate of drug-likeness (QED) is 0.233. The highest BCUT2D eigenvalue weighted by atomic mass is 16.5. The zero-order chi connectivity index (χ0) is 25.1. The molecule has 4 aromatic rings. The molecule has 1 saturated heterocycles. The standard InChI is InChI=1S/C31H31NO4/c1-2-36-31(18-25-8-11-30(35)27-10-7-22(20-33)17-28(25)27)23-12-14-32(15-13-23)19-21-6-9-26-24(16-21)4-3-5-29(26)34/h3-11,16-18,20,23,34-35H,2,12-15,19H2,1H3/b31-18+. The number of aldehydes is 1. The van der Waals surface area contributed by atoms with E-state index in [1.807, 2.05) is 37.3 Å². The monoisotopic (exact) mass is 481 g/mol.